The first-order chi connectivity index (χ1) is 9.26. The Morgan fingerprint density at radius 2 is 1.95 bits per heavy atom. The van der Waals surface area contributed by atoms with E-state index in [1.165, 1.54) is 19.5 Å². The molecule has 0 aliphatic carbocycles. The minimum atomic E-state index is 0.684. The Morgan fingerprint density at radius 1 is 1.16 bits per heavy atom. The molecule has 1 aromatic rings. The van der Waals surface area contributed by atoms with Crippen molar-refractivity contribution in [3.63, 3.8) is 0 Å². The van der Waals surface area contributed by atoms with E-state index in [0.717, 1.165) is 37.3 Å². The first-order valence-corrected chi connectivity index (χ1v) is 7.45. The van der Waals surface area contributed by atoms with E-state index in [1.54, 1.807) is 0 Å². The lowest BCUT2D eigenvalue weighted by Crippen LogP contribution is -2.23. The summed E-state index contributed by atoms with van der Waals surface area (Å²) >= 11 is 0. The summed E-state index contributed by atoms with van der Waals surface area (Å²) < 4.78 is 0. The fraction of sp³-hybridized carbons (Fsp3) is 0.786. The highest BCUT2D eigenvalue weighted by atomic mass is 15.2. The van der Waals surface area contributed by atoms with E-state index < -0.39 is 0 Å². The van der Waals surface area contributed by atoms with Gasteiger partial charge in [0.15, 0.2) is 0 Å². The van der Waals surface area contributed by atoms with Gasteiger partial charge >= 0.3 is 0 Å². The van der Waals surface area contributed by atoms with Crippen LogP contribution in [0.4, 0.5) is 5.95 Å². The van der Waals surface area contributed by atoms with Gasteiger partial charge in [0.25, 0.3) is 0 Å². The van der Waals surface area contributed by atoms with E-state index in [9.17, 15) is 0 Å². The van der Waals surface area contributed by atoms with Gasteiger partial charge in [0, 0.05) is 13.1 Å². The van der Waals surface area contributed by atoms with Gasteiger partial charge in [-0.3, -0.25) is 0 Å². The van der Waals surface area contributed by atoms with Crippen molar-refractivity contribution in [2.24, 2.45) is 5.92 Å². The number of aromatic nitrogens is 3. The molecule has 0 radical (unpaired) electrons. The zero-order valence-electron chi connectivity index (χ0n) is 12.3. The third-order valence-electron chi connectivity index (χ3n) is 3.88. The van der Waals surface area contributed by atoms with Gasteiger partial charge < -0.3 is 10.2 Å². The minimum absolute atomic E-state index is 0.684. The van der Waals surface area contributed by atoms with Gasteiger partial charge in [-0.2, -0.15) is 5.10 Å². The summed E-state index contributed by atoms with van der Waals surface area (Å²) in [5.41, 5.74) is 2.09. The van der Waals surface area contributed by atoms with E-state index in [2.05, 4.69) is 46.2 Å². The standard InChI is InChI=1S/C14H25N5/c1-4-12-13(5-2)17-18-14(16-12)15-9-11-7-8-19(6-3)10-11/h11H,4-10H2,1-3H3,(H,15,16,18). The van der Waals surface area contributed by atoms with Crippen LogP contribution < -0.4 is 5.32 Å². The summed E-state index contributed by atoms with van der Waals surface area (Å²) in [4.78, 5) is 7.05. The maximum Gasteiger partial charge on any atom is 0.242 e. The van der Waals surface area contributed by atoms with Crippen molar-refractivity contribution in [1.29, 1.82) is 0 Å². The average Bonchev–Trinajstić information content (AvgIpc) is 2.92. The number of nitrogens with one attached hydrogen (secondary N) is 1. The first kappa shape index (κ1) is 14.2. The van der Waals surface area contributed by atoms with Crippen LogP contribution in [-0.4, -0.2) is 46.3 Å². The van der Waals surface area contributed by atoms with Crippen LogP contribution in [0.25, 0.3) is 0 Å². The number of rotatable bonds is 6. The zero-order valence-corrected chi connectivity index (χ0v) is 12.3. The molecular weight excluding hydrogens is 238 g/mol. The van der Waals surface area contributed by atoms with Gasteiger partial charge in [0.1, 0.15) is 0 Å². The van der Waals surface area contributed by atoms with Crippen LogP contribution in [0.2, 0.25) is 0 Å². The predicted octanol–water partition coefficient (Wildman–Crippen LogP) is 1.75. The topological polar surface area (TPSA) is 53.9 Å². The van der Waals surface area contributed by atoms with Crippen LogP contribution in [0.1, 0.15) is 38.6 Å². The molecule has 5 nitrogen and oxygen atoms in total. The number of likely N-dealkylation sites (tertiary alicyclic amines) is 1. The highest BCUT2D eigenvalue weighted by molar-refractivity contribution is 5.25. The van der Waals surface area contributed by atoms with Crippen LogP contribution in [0.5, 0.6) is 0 Å². The lowest BCUT2D eigenvalue weighted by Gasteiger charge is -2.14. The molecule has 0 bridgehead atoms. The van der Waals surface area contributed by atoms with Crippen LogP contribution in [0.15, 0.2) is 0 Å². The molecule has 1 fully saturated rings. The smallest absolute Gasteiger partial charge is 0.242 e. The van der Waals surface area contributed by atoms with Crippen molar-refractivity contribution >= 4 is 5.95 Å². The molecular formula is C14H25N5. The molecule has 1 saturated heterocycles. The Kier molecular flexibility index (Phi) is 5.07. The van der Waals surface area contributed by atoms with Crippen LogP contribution in [0.3, 0.4) is 0 Å². The molecule has 0 amide bonds. The number of hydrogen-bond acceptors (Lipinski definition) is 5. The van der Waals surface area contributed by atoms with Gasteiger partial charge in [-0.15, -0.1) is 5.10 Å². The van der Waals surface area contributed by atoms with E-state index in [-0.39, 0.29) is 0 Å². The second-order valence-corrected chi connectivity index (χ2v) is 5.16. The minimum Gasteiger partial charge on any atom is -0.353 e. The van der Waals surface area contributed by atoms with Gasteiger partial charge in [-0.05, 0) is 38.3 Å². The maximum atomic E-state index is 4.56. The highest BCUT2D eigenvalue weighted by Gasteiger charge is 2.21. The molecule has 1 atom stereocenters. The summed E-state index contributed by atoms with van der Waals surface area (Å²) in [6.45, 7) is 10.9. The second kappa shape index (κ2) is 6.80. The Balaban J connectivity index is 1.89. The number of nitrogens with zero attached hydrogens (tertiary/aromatic N) is 4. The quantitative estimate of drug-likeness (QED) is 0.847. The lowest BCUT2D eigenvalue weighted by atomic mass is 10.1. The number of anilines is 1. The Morgan fingerprint density at radius 3 is 2.58 bits per heavy atom. The molecule has 1 aliphatic rings. The van der Waals surface area contributed by atoms with Crippen molar-refractivity contribution in [3.05, 3.63) is 11.4 Å². The first-order valence-electron chi connectivity index (χ1n) is 7.45. The summed E-state index contributed by atoms with van der Waals surface area (Å²) in [5, 5.41) is 11.8. The monoisotopic (exact) mass is 263 g/mol. The largest absolute Gasteiger partial charge is 0.353 e. The molecule has 19 heavy (non-hydrogen) atoms. The summed E-state index contributed by atoms with van der Waals surface area (Å²) in [5.74, 6) is 1.39. The van der Waals surface area contributed by atoms with Crippen molar-refractivity contribution in [1.82, 2.24) is 20.1 Å². The van der Waals surface area contributed by atoms with Crippen molar-refractivity contribution in [2.75, 3.05) is 31.5 Å². The van der Waals surface area contributed by atoms with E-state index in [4.69, 9.17) is 0 Å². The predicted molar refractivity (Wildman–Crippen MR) is 77.3 cm³/mol. The molecule has 1 N–H and O–H groups in total. The zero-order chi connectivity index (χ0) is 13.7. The molecule has 5 heteroatoms. The molecule has 2 rings (SSSR count). The molecule has 0 saturated carbocycles. The molecule has 0 aromatic carbocycles. The normalized spacial score (nSPS) is 19.8. The highest BCUT2D eigenvalue weighted by Crippen LogP contribution is 2.16. The average molecular weight is 263 g/mol. The van der Waals surface area contributed by atoms with Crippen molar-refractivity contribution in [3.8, 4) is 0 Å². The van der Waals surface area contributed by atoms with Crippen LogP contribution in [0, 0.1) is 5.92 Å². The number of hydrogen-bond donors (Lipinski definition) is 1. The van der Waals surface area contributed by atoms with E-state index in [0.29, 0.717) is 11.9 Å². The molecule has 1 aromatic heterocycles. The number of aryl methyl sites for hydroxylation is 2. The van der Waals surface area contributed by atoms with Gasteiger partial charge in [-0.1, -0.05) is 20.8 Å². The summed E-state index contributed by atoms with van der Waals surface area (Å²) in [7, 11) is 0. The van der Waals surface area contributed by atoms with Gasteiger partial charge in [-0.25, -0.2) is 4.98 Å². The van der Waals surface area contributed by atoms with Gasteiger partial charge in [0.2, 0.25) is 5.95 Å². The molecule has 1 aliphatic heterocycles. The third-order valence-corrected chi connectivity index (χ3v) is 3.88. The third kappa shape index (κ3) is 3.62. The van der Waals surface area contributed by atoms with Crippen molar-refractivity contribution in [2.45, 2.75) is 40.0 Å². The van der Waals surface area contributed by atoms with E-state index in [1.807, 2.05) is 0 Å². The SMILES string of the molecule is CCc1nnc(NCC2CCN(CC)C2)nc1CC. The maximum absolute atomic E-state index is 4.56. The van der Waals surface area contributed by atoms with Crippen molar-refractivity contribution < 1.29 is 0 Å². The molecule has 2 heterocycles. The second-order valence-electron chi connectivity index (χ2n) is 5.16. The Labute approximate surface area is 115 Å². The summed E-state index contributed by atoms with van der Waals surface area (Å²) in [6.07, 6.45) is 3.08. The van der Waals surface area contributed by atoms with Crippen LogP contribution >= 0.6 is 0 Å². The molecule has 1 unspecified atom stereocenters. The Hall–Kier alpha value is -1.23. The molecule has 106 valence electrons. The fourth-order valence-corrected chi connectivity index (χ4v) is 2.62. The fourth-order valence-electron chi connectivity index (χ4n) is 2.62. The van der Waals surface area contributed by atoms with Crippen LogP contribution in [-0.2, 0) is 12.8 Å². The molecule has 0 spiro atoms. The summed E-state index contributed by atoms with van der Waals surface area (Å²) in [6, 6.07) is 0. The van der Waals surface area contributed by atoms with Gasteiger partial charge in [0.05, 0.1) is 11.4 Å². The lowest BCUT2D eigenvalue weighted by molar-refractivity contribution is 0.345. The van der Waals surface area contributed by atoms with E-state index >= 15 is 0 Å². The Bertz CT molecular complexity index is 407.